The average molecular weight is 366 g/mol. The minimum atomic E-state index is -0.0919. The average Bonchev–Trinajstić information content (AvgIpc) is 2.59. The fourth-order valence-electron chi connectivity index (χ4n) is 2.45. The lowest BCUT2D eigenvalue weighted by molar-refractivity contribution is 0.0658. The summed E-state index contributed by atoms with van der Waals surface area (Å²) in [7, 11) is 2.04. The number of halogens is 2. The van der Waals surface area contributed by atoms with E-state index in [9.17, 15) is 4.79 Å². The lowest BCUT2D eigenvalue weighted by Gasteiger charge is -2.32. The third kappa shape index (κ3) is 3.77. The second-order valence-electron chi connectivity index (χ2n) is 5.61. The second-order valence-corrected chi connectivity index (χ2v) is 6.40. The van der Waals surface area contributed by atoms with Crippen molar-refractivity contribution in [3.8, 4) is 0 Å². The van der Waals surface area contributed by atoms with Crippen LogP contribution in [0.4, 0.5) is 11.5 Å². The number of benzene rings is 1. The van der Waals surface area contributed by atoms with Crippen molar-refractivity contribution in [2.24, 2.45) is 0 Å². The number of piperazine rings is 1. The van der Waals surface area contributed by atoms with Gasteiger partial charge in [0, 0.05) is 32.2 Å². The number of nitrogens with one attached hydrogen (secondary N) is 1. The van der Waals surface area contributed by atoms with Crippen LogP contribution in [0.25, 0.3) is 0 Å². The molecule has 1 amide bonds. The number of aromatic nitrogens is 2. The molecule has 1 saturated heterocycles. The first-order valence-corrected chi connectivity index (χ1v) is 8.31. The molecule has 1 aromatic carbocycles. The first-order chi connectivity index (χ1) is 11.5. The van der Waals surface area contributed by atoms with Crippen LogP contribution in [-0.2, 0) is 0 Å². The summed E-state index contributed by atoms with van der Waals surface area (Å²) in [4.78, 5) is 24.8. The zero-order valence-electron chi connectivity index (χ0n) is 13.2. The van der Waals surface area contributed by atoms with Crippen molar-refractivity contribution in [1.82, 2.24) is 19.8 Å². The van der Waals surface area contributed by atoms with E-state index >= 15 is 0 Å². The fourth-order valence-corrected chi connectivity index (χ4v) is 2.80. The number of hydrogen-bond acceptors (Lipinski definition) is 5. The van der Waals surface area contributed by atoms with Crippen LogP contribution < -0.4 is 5.32 Å². The molecule has 1 aliphatic rings. The lowest BCUT2D eigenvalue weighted by atomic mass is 10.2. The van der Waals surface area contributed by atoms with Gasteiger partial charge in [-0.1, -0.05) is 29.3 Å². The van der Waals surface area contributed by atoms with Crippen LogP contribution in [0.15, 0.2) is 30.6 Å². The minimum absolute atomic E-state index is 0.0919. The monoisotopic (exact) mass is 365 g/mol. The Hall–Kier alpha value is -1.89. The summed E-state index contributed by atoms with van der Waals surface area (Å²) >= 11 is 12.2. The van der Waals surface area contributed by atoms with Crippen molar-refractivity contribution in [2.45, 2.75) is 0 Å². The van der Waals surface area contributed by atoms with E-state index in [0.29, 0.717) is 40.3 Å². The molecule has 1 aliphatic heterocycles. The number of likely N-dealkylation sites (N-methyl/N-ethyl adjacent to an activating group) is 1. The summed E-state index contributed by atoms with van der Waals surface area (Å²) < 4.78 is 0. The molecule has 0 spiro atoms. The Bertz CT molecular complexity index is 747. The van der Waals surface area contributed by atoms with Crippen LogP contribution in [0.2, 0.25) is 10.0 Å². The Morgan fingerprint density at radius 3 is 2.67 bits per heavy atom. The summed E-state index contributed by atoms with van der Waals surface area (Å²) in [5.41, 5.74) is 0.982. The molecule has 3 rings (SSSR count). The maximum absolute atomic E-state index is 12.6. The van der Waals surface area contributed by atoms with Gasteiger partial charge in [-0.2, -0.15) is 0 Å². The van der Waals surface area contributed by atoms with Gasteiger partial charge in [0.2, 0.25) is 0 Å². The second kappa shape index (κ2) is 7.34. The number of carbonyl (C=O) groups is 1. The van der Waals surface area contributed by atoms with Crippen LogP contribution in [-0.4, -0.2) is 58.9 Å². The topological polar surface area (TPSA) is 61.4 Å². The minimum Gasteiger partial charge on any atom is -0.339 e. The molecule has 6 nitrogen and oxygen atoms in total. The molecule has 0 bridgehead atoms. The highest BCUT2D eigenvalue weighted by molar-refractivity contribution is 6.43. The Balaban J connectivity index is 1.76. The maximum Gasteiger partial charge on any atom is 0.272 e. The lowest BCUT2D eigenvalue weighted by Crippen LogP contribution is -2.47. The number of anilines is 2. The van der Waals surface area contributed by atoms with E-state index in [0.717, 1.165) is 13.1 Å². The van der Waals surface area contributed by atoms with E-state index in [1.807, 2.05) is 7.05 Å². The van der Waals surface area contributed by atoms with Gasteiger partial charge in [-0.05, 0) is 19.2 Å². The van der Waals surface area contributed by atoms with Gasteiger partial charge in [0.15, 0.2) is 0 Å². The van der Waals surface area contributed by atoms with Crippen molar-refractivity contribution in [2.75, 3.05) is 38.5 Å². The molecule has 0 atom stereocenters. The third-order valence-electron chi connectivity index (χ3n) is 3.89. The molecule has 1 aromatic heterocycles. The molecular formula is C16H17Cl2N5O. The first-order valence-electron chi connectivity index (χ1n) is 7.55. The number of nitrogens with zero attached hydrogens (tertiary/aromatic N) is 4. The van der Waals surface area contributed by atoms with E-state index in [-0.39, 0.29) is 5.91 Å². The van der Waals surface area contributed by atoms with Gasteiger partial charge in [-0.25, -0.2) is 9.97 Å². The van der Waals surface area contributed by atoms with Gasteiger partial charge in [0.25, 0.3) is 5.91 Å². The summed E-state index contributed by atoms with van der Waals surface area (Å²) in [6, 6.07) is 6.90. The summed E-state index contributed by atoms with van der Waals surface area (Å²) in [6.07, 6.45) is 1.37. The Kier molecular flexibility index (Phi) is 5.18. The van der Waals surface area contributed by atoms with Crippen molar-refractivity contribution in [3.63, 3.8) is 0 Å². The largest absolute Gasteiger partial charge is 0.339 e. The van der Waals surface area contributed by atoms with E-state index in [4.69, 9.17) is 23.2 Å². The molecule has 1 N–H and O–H groups in total. The molecule has 0 saturated carbocycles. The zero-order chi connectivity index (χ0) is 17.1. The van der Waals surface area contributed by atoms with Crippen molar-refractivity contribution < 1.29 is 4.79 Å². The van der Waals surface area contributed by atoms with E-state index in [1.54, 1.807) is 29.2 Å². The van der Waals surface area contributed by atoms with Crippen molar-refractivity contribution >= 4 is 40.6 Å². The fraction of sp³-hybridized carbons (Fsp3) is 0.312. The third-order valence-corrected chi connectivity index (χ3v) is 4.71. The molecule has 2 heterocycles. The number of rotatable bonds is 3. The Labute approximate surface area is 150 Å². The summed E-state index contributed by atoms with van der Waals surface area (Å²) in [5.74, 6) is 0.400. The van der Waals surface area contributed by atoms with Gasteiger partial charge >= 0.3 is 0 Å². The molecule has 126 valence electrons. The van der Waals surface area contributed by atoms with E-state index in [2.05, 4.69) is 20.2 Å². The molecule has 0 aliphatic carbocycles. The highest BCUT2D eigenvalue weighted by Gasteiger charge is 2.21. The highest BCUT2D eigenvalue weighted by Crippen LogP contribution is 2.31. The molecule has 1 fully saturated rings. The first kappa shape index (κ1) is 17.0. The molecule has 2 aromatic rings. The van der Waals surface area contributed by atoms with Gasteiger partial charge in [0.1, 0.15) is 17.8 Å². The maximum atomic E-state index is 12.6. The van der Waals surface area contributed by atoms with Crippen LogP contribution in [0.3, 0.4) is 0 Å². The quantitative estimate of drug-likeness (QED) is 0.905. The van der Waals surface area contributed by atoms with Crippen LogP contribution in [0.1, 0.15) is 10.5 Å². The van der Waals surface area contributed by atoms with Gasteiger partial charge < -0.3 is 15.1 Å². The predicted octanol–water partition coefficient (Wildman–Crippen LogP) is 2.91. The zero-order valence-corrected chi connectivity index (χ0v) is 14.7. The Morgan fingerprint density at radius 1 is 1.17 bits per heavy atom. The highest BCUT2D eigenvalue weighted by atomic mass is 35.5. The van der Waals surface area contributed by atoms with Crippen molar-refractivity contribution in [3.05, 3.63) is 46.3 Å². The van der Waals surface area contributed by atoms with Gasteiger partial charge in [0.05, 0.1) is 15.7 Å². The molecule has 0 unspecified atom stereocenters. The molecular weight excluding hydrogens is 349 g/mol. The normalized spacial score (nSPS) is 15.4. The number of amides is 1. The SMILES string of the molecule is CN1CCN(C(=O)c2cc(Nc3cccc(Cl)c3Cl)ncn2)CC1. The van der Waals surface area contributed by atoms with E-state index in [1.165, 1.54) is 6.33 Å². The standard InChI is InChI=1S/C16H17Cl2N5O/c1-22-5-7-23(8-6-22)16(24)13-9-14(20-10-19-13)21-12-4-2-3-11(17)15(12)18/h2-4,9-10H,5-8H2,1H3,(H,19,20,21). The van der Waals surface area contributed by atoms with Crippen molar-refractivity contribution in [1.29, 1.82) is 0 Å². The molecule has 0 radical (unpaired) electrons. The number of hydrogen-bond donors (Lipinski definition) is 1. The smallest absolute Gasteiger partial charge is 0.272 e. The summed E-state index contributed by atoms with van der Waals surface area (Å²) in [6.45, 7) is 3.12. The summed E-state index contributed by atoms with van der Waals surface area (Å²) in [5, 5.41) is 3.93. The van der Waals surface area contributed by atoms with Gasteiger partial charge in [-0.3, -0.25) is 4.79 Å². The van der Waals surface area contributed by atoms with Crippen LogP contribution in [0, 0.1) is 0 Å². The predicted molar refractivity (Wildman–Crippen MR) is 95.2 cm³/mol. The van der Waals surface area contributed by atoms with Crippen LogP contribution >= 0.6 is 23.2 Å². The Morgan fingerprint density at radius 2 is 1.92 bits per heavy atom. The van der Waals surface area contributed by atoms with E-state index < -0.39 is 0 Å². The van der Waals surface area contributed by atoms with Gasteiger partial charge in [-0.15, -0.1) is 0 Å². The molecule has 8 heteroatoms. The molecule has 24 heavy (non-hydrogen) atoms. The van der Waals surface area contributed by atoms with Crippen LogP contribution in [0.5, 0.6) is 0 Å². The number of carbonyl (C=O) groups excluding carboxylic acids is 1.